The van der Waals surface area contributed by atoms with E-state index in [1.165, 1.54) is 16.7 Å². The van der Waals surface area contributed by atoms with Gasteiger partial charge >= 0.3 is 0 Å². The summed E-state index contributed by atoms with van der Waals surface area (Å²) in [5, 5.41) is 6.65. The number of pyridine rings is 1. The van der Waals surface area contributed by atoms with Crippen LogP contribution in [0.25, 0.3) is 0 Å². The van der Waals surface area contributed by atoms with Crippen LogP contribution in [0.4, 0.5) is 5.82 Å². The molecule has 0 saturated carbocycles. The number of aliphatic imine (C=N–C) groups is 1. The van der Waals surface area contributed by atoms with Crippen LogP contribution in [-0.4, -0.2) is 31.6 Å². The Morgan fingerprint density at radius 3 is 2.60 bits per heavy atom. The molecule has 0 radical (unpaired) electrons. The van der Waals surface area contributed by atoms with E-state index in [4.69, 9.17) is 4.99 Å². The third-order valence-corrected chi connectivity index (χ3v) is 3.94. The summed E-state index contributed by atoms with van der Waals surface area (Å²) in [4.78, 5) is 11.3. The molecule has 0 amide bonds. The zero-order valence-corrected chi connectivity index (χ0v) is 15.9. The van der Waals surface area contributed by atoms with E-state index in [1.807, 2.05) is 37.2 Å². The van der Waals surface area contributed by atoms with Crippen molar-refractivity contribution in [3.8, 4) is 0 Å². The van der Waals surface area contributed by atoms with Gasteiger partial charge in [0, 0.05) is 20.6 Å². The molecule has 0 saturated heterocycles. The minimum Gasteiger partial charge on any atom is -0.363 e. The average molecular weight is 339 g/mol. The number of guanidine groups is 1. The van der Waals surface area contributed by atoms with Crippen molar-refractivity contribution in [3.63, 3.8) is 0 Å². The van der Waals surface area contributed by atoms with Crippen molar-refractivity contribution < 1.29 is 0 Å². The van der Waals surface area contributed by atoms with Gasteiger partial charge in [-0.1, -0.05) is 29.8 Å². The third kappa shape index (κ3) is 5.78. The summed E-state index contributed by atoms with van der Waals surface area (Å²) in [6, 6.07) is 12.5. The SMILES string of the molecule is CCNC(=NCc1ccc(C)cc1C)NCc1cccc(N(C)C)n1. The molecule has 1 heterocycles. The Labute approximate surface area is 151 Å². The normalized spacial score (nSPS) is 11.3. The second kappa shape index (κ2) is 9.06. The molecular weight excluding hydrogens is 310 g/mol. The Bertz CT molecular complexity index is 722. The van der Waals surface area contributed by atoms with E-state index in [0.717, 1.165) is 24.0 Å². The van der Waals surface area contributed by atoms with Gasteiger partial charge in [-0.2, -0.15) is 0 Å². The molecule has 5 heteroatoms. The molecule has 134 valence electrons. The summed E-state index contributed by atoms with van der Waals surface area (Å²) in [5.41, 5.74) is 4.79. The minimum absolute atomic E-state index is 0.639. The van der Waals surface area contributed by atoms with E-state index in [-0.39, 0.29) is 0 Å². The largest absolute Gasteiger partial charge is 0.363 e. The van der Waals surface area contributed by atoms with Gasteiger partial charge in [-0.05, 0) is 44.0 Å². The van der Waals surface area contributed by atoms with Crippen molar-refractivity contribution in [1.82, 2.24) is 15.6 Å². The van der Waals surface area contributed by atoms with Crippen molar-refractivity contribution >= 4 is 11.8 Å². The molecule has 0 atom stereocenters. The van der Waals surface area contributed by atoms with Crippen LogP contribution in [-0.2, 0) is 13.1 Å². The molecule has 0 fully saturated rings. The second-order valence-corrected chi connectivity index (χ2v) is 6.36. The summed E-state index contributed by atoms with van der Waals surface area (Å²) in [6.45, 7) is 8.44. The number of nitrogens with one attached hydrogen (secondary N) is 2. The van der Waals surface area contributed by atoms with Gasteiger partial charge in [-0.15, -0.1) is 0 Å². The fourth-order valence-corrected chi connectivity index (χ4v) is 2.52. The first-order valence-electron chi connectivity index (χ1n) is 8.71. The van der Waals surface area contributed by atoms with Crippen LogP contribution in [0, 0.1) is 13.8 Å². The molecule has 0 spiro atoms. The molecule has 0 unspecified atom stereocenters. The van der Waals surface area contributed by atoms with E-state index < -0.39 is 0 Å². The number of nitrogens with zero attached hydrogens (tertiary/aromatic N) is 3. The molecule has 0 bridgehead atoms. The summed E-state index contributed by atoms with van der Waals surface area (Å²) in [7, 11) is 3.99. The standard InChI is InChI=1S/C20H29N5/c1-6-21-20(22-13-17-11-10-15(2)12-16(17)3)23-14-18-8-7-9-19(24-18)25(4)5/h7-12H,6,13-14H2,1-5H3,(H2,21,22,23). The molecule has 2 N–H and O–H groups in total. The number of hydrogen-bond acceptors (Lipinski definition) is 3. The van der Waals surface area contributed by atoms with Gasteiger partial charge in [0.1, 0.15) is 5.82 Å². The van der Waals surface area contributed by atoms with Crippen molar-refractivity contribution in [1.29, 1.82) is 0 Å². The quantitative estimate of drug-likeness (QED) is 0.627. The van der Waals surface area contributed by atoms with E-state index in [1.54, 1.807) is 0 Å². The summed E-state index contributed by atoms with van der Waals surface area (Å²) in [5.74, 6) is 1.76. The van der Waals surface area contributed by atoms with Crippen LogP contribution >= 0.6 is 0 Å². The lowest BCUT2D eigenvalue weighted by Gasteiger charge is -2.14. The Morgan fingerprint density at radius 1 is 1.12 bits per heavy atom. The fourth-order valence-electron chi connectivity index (χ4n) is 2.52. The van der Waals surface area contributed by atoms with Crippen LogP contribution in [0.5, 0.6) is 0 Å². The Kier molecular flexibility index (Phi) is 6.81. The molecule has 2 rings (SSSR count). The zero-order valence-electron chi connectivity index (χ0n) is 15.9. The maximum Gasteiger partial charge on any atom is 0.191 e. The minimum atomic E-state index is 0.639. The van der Waals surface area contributed by atoms with Gasteiger partial charge in [0.2, 0.25) is 0 Å². The molecule has 1 aromatic heterocycles. The summed E-state index contributed by atoms with van der Waals surface area (Å²) < 4.78 is 0. The molecular formula is C20H29N5. The Balaban J connectivity index is 2.03. The molecule has 0 aliphatic carbocycles. The molecule has 5 nitrogen and oxygen atoms in total. The van der Waals surface area contributed by atoms with Crippen LogP contribution in [0.1, 0.15) is 29.3 Å². The monoisotopic (exact) mass is 339 g/mol. The summed E-state index contributed by atoms with van der Waals surface area (Å²) >= 11 is 0. The van der Waals surface area contributed by atoms with Crippen LogP contribution < -0.4 is 15.5 Å². The highest BCUT2D eigenvalue weighted by Crippen LogP contribution is 2.11. The second-order valence-electron chi connectivity index (χ2n) is 6.36. The Morgan fingerprint density at radius 2 is 1.92 bits per heavy atom. The van der Waals surface area contributed by atoms with Gasteiger partial charge in [0.05, 0.1) is 18.8 Å². The number of aryl methyl sites for hydroxylation is 2. The maximum absolute atomic E-state index is 4.70. The predicted octanol–water partition coefficient (Wildman–Crippen LogP) is 3.02. The lowest BCUT2D eigenvalue weighted by atomic mass is 10.1. The van der Waals surface area contributed by atoms with Crippen LogP contribution in [0.3, 0.4) is 0 Å². The lowest BCUT2D eigenvalue weighted by Crippen LogP contribution is -2.37. The van der Waals surface area contributed by atoms with Crippen LogP contribution in [0.15, 0.2) is 41.4 Å². The predicted molar refractivity (Wildman–Crippen MR) is 106 cm³/mol. The van der Waals surface area contributed by atoms with Gasteiger partial charge in [-0.25, -0.2) is 9.98 Å². The first kappa shape index (κ1) is 18.8. The maximum atomic E-state index is 4.70. The van der Waals surface area contributed by atoms with Crippen molar-refractivity contribution in [2.45, 2.75) is 33.9 Å². The molecule has 25 heavy (non-hydrogen) atoms. The zero-order chi connectivity index (χ0) is 18.2. The molecule has 0 aliphatic rings. The third-order valence-electron chi connectivity index (χ3n) is 3.94. The average Bonchev–Trinajstić information content (AvgIpc) is 2.59. The first-order chi connectivity index (χ1) is 12.0. The van der Waals surface area contributed by atoms with Gasteiger partial charge < -0.3 is 15.5 Å². The van der Waals surface area contributed by atoms with Gasteiger partial charge in [0.25, 0.3) is 0 Å². The smallest absolute Gasteiger partial charge is 0.191 e. The highest BCUT2D eigenvalue weighted by atomic mass is 15.2. The van der Waals surface area contributed by atoms with Crippen molar-refractivity contribution in [2.75, 3.05) is 25.5 Å². The number of anilines is 1. The number of aromatic nitrogens is 1. The lowest BCUT2D eigenvalue weighted by molar-refractivity contribution is 0.797. The van der Waals surface area contributed by atoms with Crippen molar-refractivity contribution in [3.05, 3.63) is 58.8 Å². The summed E-state index contributed by atoms with van der Waals surface area (Å²) in [6.07, 6.45) is 0. The Hall–Kier alpha value is -2.56. The highest BCUT2D eigenvalue weighted by Gasteiger charge is 2.03. The molecule has 0 aliphatic heterocycles. The fraction of sp³-hybridized carbons (Fsp3) is 0.400. The van der Waals surface area contributed by atoms with Gasteiger partial charge in [0.15, 0.2) is 5.96 Å². The van der Waals surface area contributed by atoms with Gasteiger partial charge in [-0.3, -0.25) is 0 Å². The number of hydrogen-bond donors (Lipinski definition) is 2. The number of benzene rings is 1. The topological polar surface area (TPSA) is 52.6 Å². The van der Waals surface area contributed by atoms with E-state index >= 15 is 0 Å². The van der Waals surface area contributed by atoms with Crippen LogP contribution in [0.2, 0.25) is 0 Å². The van der Waals surface area contributed by atoms with Crippen molar-refractivity contribution in [2.24, 2.45) is 4.99 Å². The van der Waals surface area contributed by atoms with E-state index in [9.17, 15) is 0 Å². The number of rotatable bonds is 6. The highest BCUT2D eigenvalue weighted by molar-refractivity contribution is 5.79. The van der Waals surface area contributed by atoms with E-state index in [2.05, 4.69) is 54.6 Å². The van der Waals surface area contributed by atoms with E-state index in [0.29, 0.717) is 13.1 Å². The molecule has 2 aromatic rings. The first-order valence-corrected chi connectivity index (χ1v) is 8.71. The molecule has 1 aromatic carbocycles.